The van der Waals surface area contributed by atoms with Crippen molar-refractivity contribution in [2.75, 3.05) is 18.0 Å². The van der Waals surface area contributed by atoms with E-state index in [2.05, 4.69) is 62.7 Å². The molecule has 5 aromatic carbocycles. The number of aromatic nitrogens is 10. The Bertz CT molecular complexity index is 4400. The fourth-order valence-electron chi connectivity index (χ4n) is 13.7. The van der Waals surface area contributed by atoms with Crippen LogP contribution in [0.5, 0.6) is 17.2 Å². The van der Waals surface area contributed by atoms with Gasteiger partial charge in [0.05, 0.1) is 74.0 Å². The van der Waals surface area contributed by atoms with Crippen molar-refractivity contribution in [3.63, 3.8) is 0 Å². The van der Waals surface area contributed by atoms with Gasteiger partial charge in [0.1, 0.15) is 34.6 Å². The maximum Gasteiger partial charge on any atom is 0.418 e. The summed E-state index contributed by atoms with van der Waals surface area (Å²) in [6.07, 6.45) is 12.2. The van der Waals surface area contributed by atoms with E-state index in [4.69, 9.17) is 14.2 Å². The van der Waals surface area contributed by atoms with Crippen molar-refractivity contribution in [1.82, 2.24) is 48.9 Å². The zero-order valence-electron chi connectivity index (χ0n) is 53.6. The van der Waals surface area contributed by atoms with Gasteiger partial charge in [0, 0.05) is 139 Å². The number of hydrogen-bond acceptors (Lipinski definition) is 12. The zero-order valence-corrected chi connectivity index (χ0v) is 53.6. The van der Waals surface area contributed by atoms with Gasteiger partial charge in [-0.2, -0.15) is 38.7 Å². The predicted molar refractivity (Wildman–Crippen MR) is 347 cm³/mol. The molecule has 3 aliphatic carbocycles. The molecule has 0 radical (unpaired) electrons. The Morgan fingerprint density at radius 2 is 0.946 bits per heavy atom. The molecule has 21 heteroatoms. The van der Waals surface area contributed by atoms with Gasteiger partial charge in [0.25, 0.3) is 0 Å². The number of fused-ring (bicyclic) bond motifs is 4. The molecule has 482 valence electrons. The maximum absolute atomic E-state index is 14.1. The number of benzene rings is 5. The Balaban J connectivity index is 0.000000134. The van der Waals surface area contributed by atoms with Gasteiger partial charge in [-0.1, -0.05) is 12.1 Å². The largest absolute Gasteiger partial charge is 0.490 e. The van der Waals surface area contributed by atoms with Gasteiger partial charge in [-0.05, 0) is 162 Å². The number of ketones is 3. The molecule has 6 heterocycles. The number of halogens is 4. The number of ether oxygens (including phenoxy) is 3. The lowest BCUT2D eigenvalue weighted by atomic mass is 9.98. The summed E-state index contributed by atoms with van der Waals surface area (Å²) in [4.78, 5) is 36.9. The van der Waals surface area contributed by atoms with Crippen LogP contribution in [0.25, 0.3) is 77.0 Å². The lowest BCUT2D eigenvalue weighted by Gasteiger charge is -2.31. The van der Waals surface area contributed by atoms with Gasteiger partial charge in [0.15, 0.2) is 6.30 Å². The van der Waals surface area contributed by atoms with Crippen molar-refractivity contribution >= 4 is 66.6 Å². The summed E-state index contributed by atoms with van der Waals surface area (Å²) in [5.74, 6) is 3.68. The smallest absolute Gasteiger partial charge is 0.418 e. The second-order valence-electron chi connectivity index (χ2n) is 25.7. The first-order chi connectivity index (χ1) is 44.0. The third-order valence-electron chi connectivity index (χ3n) is 18.9. The molecule has 10 aromatic rings. The molecule has 1 aliphatic heterocycles. The van der Waals surface area contributed by atoms with E-state index in [1.807, 2.05) is 93.0 Å². The minimum absolute atomic E-state index is 0.0156. The Labute approximate surface area is 531 Å². The Morgan fingerprint density at radius 3 is 1.36 bits per heavy atom. The molecule has 14 rings (SSSR count). The molecule has 4 aliphatic rings. The van der Waals surface area contributed by atoms with Gasteiger partial charge in [0.2, 0.25) is 0 Å². The lowest BCUT2D eigenvalue weighted by Crippen LogP contribution is -2.31. The molecule has 1 unspecified atom stereocenters. The average molecular weight is 1260 g/mol. The Kier molecular flexibility index (Phi) is 17.9. The van der Waals surface area contributed by atoms with Crippen LogP contribution < -0.4 is 19.1 Å². The molecule has 3 saturated carbocycles. The van der Waals surface area contributed by atoms with Crippen molar-refractivity contribution in [2.45, 2.75) is 142 Å². The number of Topliss-reactive ketones (excluding diaryl/α,β-unsaturated/α-hetero) is 3. The van der Waals surface area contributed by atoms with Gasteiger partial charge in [-0.25, -0.2) is 9.07 Å². The normalized spacial score (nSPS) is 19.2. The third kappa shape index (κ3) is 13.7. The molecule has 17 nitrogen and oxygen atoms in total. The van der Waals surface area contributed by atoms with Crippen LogP contribution in [0, 0.1) is 24.7 Å². The second kappa shape index (κ2) is 26.0. The van der Waals surface area contributed by atoms with E-state index in [1.54, 1.807) is 47.0 Å². The first-order valence-electron chi connectivity index (χ1n) is 32.0. The molecule has 7 atom stereocenters. The van der Waals surface area contributed by atoms with Crippen LogP contribution in [-0.4, -0.2) is 97.7 Å². The highest BCUT2D eigenvalue weighted by Crippen LogP contribution is 2.43. The van der Waals surface area contributed by atoms with Crippen LogP contribution in [-0.2, 0) is 48.8 Å². The lowest BCUT2D eigenvalue weighted by molar-refractivity contribution is -0.137. The van der Waals surface area contributed by atoms with Crippen LogP contribution in [0.1, 0.15) is 122 Å². The Hall–Kier alpha value is -8.88. The van der Waals surface area contributed by atoms with Crippen LogP contribution in [0.4, 0.5) is 23.2 Å². The zero-order chi connectivity index (χ0) is 64.9. The fourth-order valence-corrected chi connectivity index (χ4v) is 13.7. The Morgan fingerprint density at radius 1 is 0.511 bits per heavy atom. The number of anilines is 1. The monoisotopic (exact) mass is 1260 g/mol. The van der Waals surface area contributed by atoms with Crippen molar-refractivity contribution in [3.8, 4) is 50.6 Å². The average Bonchev–Trinajstić information content (AvgIpc) is 1.24. The summed E-state index contributed by atoms with van der Waals surface area (Å²) in [6.45, 7) is 10.8. The van der Waals surface area contributed by atoms with E-state index in [0.717, 1.165) is 116 Å². The summed E-state index contributed by atoms with van der Waals surface area (Å²) in [5, 5.41) is 26.1. The van der Waals surface area contributed by atoms with E-state index in [9.17, 15) is 31.9 Å². The summed E-state index contributed by atoms with van der Waals surface area (Å²) >= 11 is 0. The van der Waals surface area contributed by atoms with Crippen LogP contribution in [0.3, 0.4) is 0 Å². The van der Waals surface area contributed by atoms with Gasteiger partial charge >= 0.3 is 6.18 Å². The van der Waals surface area contributed by atoms with Gasteiger partial charge in [-0.3, -0.25) is 33.1 Å². The molecule has 5 aromatic heterocycles. The van der Waals surface area contributed by atoms with E-state index in [1.165, 1.54) is 17.7 Å². The third-order valence-corrected chi connectivity index (χ3v) is 18.9. The minimum Gasteiger partial charge on any atom is -0.490 e. The first kappa shape index (κ1) is 63.3. The highest BCUT2D eigenvalue weighted by Gasteiger charge is 2.37. The predicted octanol–water partition coefficient (Wildman–Crippen LogP) is 15.0. The van der Waals surface area contributed by atoms with Gasteiger partial charge in [-0.15, -0.1) is 0 Å². The van der Waals surface area contributed by atoms with E-state index < -0.39 is 18.0 Å². The van der Waals surface area contributed by atoms with Gasteiger partial charge < -0.3 is 19.1 Å². The molecule has 0 amide bonds. The van der Waals surface area contributed by atoms with Crippen molar-refractivity contribution in [2.24, 2.45) is 45.9 Å². The van der Waals surface area contributed by atoms with E-state index in [-0.39, 0.29) is 47.5 Å². The fraction of sp³-hybridized carbons (Fsp3) is 0.437. The molecule has 0 N–H and O–H groups in total. The summed E-state index contributed by atoms with van der Waals surface area (Å²) in [5.41, 5.74) is 9.08. The number of hydrogen-bond donors (Lipinski definition) is 0. The number of carbonyl (C=O) groups is 3. The summed E-state index contributed by atoms with van der Waals surface area (Å²) < 4.78 is 83.3. The summed E-state index contributed by atoms with van der Waals surface area (Å²) in [6, 6.07) is 22.7. The number of aryl methyl sites for hydroxylation is 5. The minimum atomic E-state index is -4.46. The number of nitrogens with zero attached hydrogens (tertiary/aromatic N) is 11. The molecule has 1 saturated heterocycles. The van der Waals surface area contributed by atoms with E-state index in [0.29, 0.717) is 85.6 Å². The van der Waals surface area contributed by atoms with Crippen LogP contribution in [0.2, 0.25) is 0 Å². The number of alkyl halides is 4. The topological polar surface area (TPSA) is 171 Å². The number of piperidine rings is 1. The van der Waals surface area contributed by atoms with Crippen LogP contribution in [0.15, 0.2) is 104 Å². The molecular weight excluding hydrogens is 1180 g/mol. The highest BCUT2D eigenvalue weighted by atomic mass is 19.4. The van der Waals surface area contributed by atoms with Crippen molar-refractivity contribution < 1.29 is 46.2 Å². The molecule has 0 spiro atoms. The second-order valence-corrected chi connectivity index (χ2v) is 25.7. The summed E-state index contributed by atoms with van der Waals surface area (Å²) in [7, 11) is 7.56. The van der Waals surface area contributed by atoms with Crippen molar-refractivity contribution in [1.29, 1.82) is 0 Å². The molecule has 4 fully saturated rings. The quantitative estimate of drug-likeness (QED) is 0.0945. The van der Waals surface area contributed by atoms with Crippen molar-refractivity contribution in [3.05, 3.63) is 115 Å². The number of rotatable bonds is 14. The standard InChI is InChI=1S/C27H30F3N3O2.C24H26N4O2.C20H23FN4O2/c1-17(18-6-8-21(34)12-18)35-26-15-20(14-24-22(26)16-32(2)31-24)19-7-9-25(23(13-19)27(28,29)30)33-10-4-3-5-11-33;1-14-20-10-17(6-8-23(20)28(4)25-14)18-11-22-21(13-27(3)26-22)24(12-18)30-15(2)16-5-7-19(29)9-16;1-12(14-4-5-17(26)6-14)27-20-8-15(7-19-18(20)11-24(3)23-19)16-9-22-25(10-16)13(2)21/h7,9,13-18H,3-6,8,10-12H2,1-2H3;6,8,10-13,15-16H,5,7,9H2,1-4H3;7-14H,4-6H2,1-3H3/t17-,18+;15-,16+;12-,13?,14+/m111/s1. The van der Waals surface area contributed by atoms with Crippen LogP contribution >= 0.6 is 0 Å². The van der Waals surface area contributed by atoms with E-state index >= 15 is 0 Å². The molecule has 0 bridgehead atoms. The molecule has 92 heavy (non-hydrogen) atoms. The maximum atomic E-state index is 14.1. The number of carbonyl (C=O) groups excluding carboxylic acids is 3. The molecular formula is C71H79F4N11O6. The highest BCUT2D eigenvalue weighted by molar-refractivity contribution is 5.94. The SMILES string of the molecule is CC(F)n1cc(-c2cc(O[C@H](C)[C@H]3CCC(=O)C3)c3cn(C)nc3c2)cn1.C[C@@H](Oc1cc(-c2ccc(N3CCCCC3)c(C(F)(F)F)c2)cc2nn(C)cc12)[C@H]1CCC(=O)C1.Cc1nn(C)c2ccc(-c3cc(O[C@H](C)[C@H]4CCC(=O)C4)c4cn(C)nc4c3)cc12. The first-order valence-corrected chi connectivity index (χ1v) is 32.0.